The Bertz CT molecular complexity index is 317. The fourth-order valence-corrected chi connectivity index (χ4v) is 1.87. The summed E-state index contributed by atoms with van der Waals surface area (Å²) in [4.78, 5) is 0. The van der Waals surface area contributed by atoms with Crippen LogP contribution in [-0.4, -0.2) is 19.8 Å². The van der Waals surface area contributed by atoms with Crippen LogP contribution in [0.2, 0.25) is 10.0 Å². The van der Waals surface area contributed by atoms with Crippen LogP contribution in [-0.2, 0) is 11.2 Å². The molecule has 0 spiro atoms. The predicted molar refractivity (Wildman–Crippen MR) is 64.6 cm³/mol. The molecule has 0 aliphatic rings. The normalized spacial score (nSPS) is 12.8. The molecule has 0 aromatic heterocycles. The van der Waals surface area contributed by atoms with Crippen LogP contribution in [0.3, 0.4) is 0 Å². The monoisotopic (exact) mass is 247 g/mol. The van der Waals surface area contributed by atoms with Gasteiger partial charge in [0.15, 0.2) is 0 Å². The predicted octanol–water partition coefficient (Wildman–Crippen LogP) is 2.90. The Morgan fingerprint density at radius 3 is 2.73 bits per heavy atom. The number of methoxy groups -OCH3 is 1. The van der Waals surface area contributed by atoms with Crippen molar-refractivity contribution in [1.82, 2.24) is 0 Å². The molecule has 0 bridgehead atoms. The number of nitrogens with two attached hydrogens (primary N) is 1. The van der Waals surface area contributed by atoms with E-state index in [4.69, 9.17) is 33.7 Å². The fraction of sp³-hybridized carbons (Fsp3) is 0.455. The molecule has 0 radical (unpaired) electrons. The van der Waals surface area contributed by atoms with E-state index in [9.17, 15) is 0 Å². The molecule has 1 unspecified atom stereocenters. The first-order valence-electron chi connectivity index (χ1n) is 4.82. The lowest BCUT2D eigenvalue weighted by Gasteiger charge is -2.10. The van der Waals surface area contributed by atoms with Crippen molar-refractivity contribution in [2.24, 2.45) is 5.73 Å². The number of hydrogen-bond acceptors (Lipinski definition) is 2. The van der Waals surface area contributed by atoms with E-state index in [0.29, 0.717) is 16.7 Å². The van der Waals surface area contributed by atoms with Gasteiger partial charge in [0, 0.05) is 23.2 Å². The van der Waals surface area contributed by atoms with Gasteiger partial charge in [-0.1, -0.05) is 29.3 Å². The number of aryl methyl sites for hydroxylation is 1. The molecule has 84 valence electrons. The minimum atomic E-state index is 0.0572. The quantitative estimate of drug-likeness (QED) is 0.869. The first-order chi connectivity index (χ1) is 7.13. The molecule has 1 atom stereocenters. The lowest BCUT2D eigenvalue weighted by molar-refractivity contribution is 0.177. The van der Waals surface area contributed by atoms with Gasteiger partial charge in [-0.05, 0) is 30.5 Å². The standard InChI is InChI=1S/C11H15Cl2NO/c1-15-7-10(14)5-3-8-2-4-9(12)6-11(8)13/h2,4,6,10H,3,5,7,14H2,1H3. The molecule has 2 nitrogen and oxygen atoms in total. The van der Waals surface area contributed by atoms with Crippen LogP contribution in [0.25, 0.3) is 0 Å². The first-order valence-corrected chi connectivity index (χ1v) is 5.57. The van der Waals surface area contributed by atoms with E-state index in [2.05, 4.69) is 0 Å². The average molecular weight is 248 g/mol. The lowest BCUT2D eigenvalue weighted by Crippen LogP contribution is -2.26. The third-order valence-electron chi connectivity index (χ3n) is 2.18. The van der Waals surface area contributed by atoms with Crippen molar-refractivity contribution in [2.75, 3.05) is 13.7 Å². The molecule has 0 aliphatic carbocycles. The topological polar surface area (TPSA) is 35.2 Å². The summed E-state index contributed by atoms with van der Waals surface area (Å²) < 4.78 is 4.96. The Balaban J connectivity index is 2.50. The molecule has 0 saturated carbocycles. The highest BCUT2D eigenvalue weighted by Gasteiger charge is 2.05. The average Bonchev–Trinajstić information content (AvgIpc) is 2.17. The Hall–Kier alpha value is -0.280. The van der Waals surface area contributed by atoms with Crippen molar-refractivity contribution in [3.63, 3.8) is 0 Å². The zero-order valence-corrected chi connectivity index (χ0v) is 10.2. The third kappa shape index (κ3) is 4.39. The van der Waals surface area contributed by atoms with E-state index in [1.807, 2.05) is 12.1 Å². The molecule has 1 aromatic rings. The highest BCUT2D eigenvalue weighted by atomic mass is 35.5. The van der Waals surface area contributed by atoms with Gasteiger partial charge in [-0.3, -0.25) is 0 Å². The minimum Gasteiger partial charge on any atom is -0.383 e. The van der Waals surface area contributed by atoms with E-state index in [1.165, 1.54) is 0 Å². The van der Waals surface area contributed by atoms with Crippen LogP contribution in [0, 0.1) is 0 Å². The molecule has 0 heterocycles. The Morgan fingerprint density at radius 1 is 1.40 bits per heavy atom. The minimum absolute atomic E-state index is 0.0572. The Kier molecular flexibility index (Phi) is 5.40. The van der Waals surface area contributed by atoms with E-state index < -0.39 is 0 Å². The molecule has 0 aliphatic heterocycles. The maximum atomic E-state index is 6.03. The van der Waals surface area contributed by atoms with Gasteiger partial charge in [-0.2, -0.15) is 0 Å². The molecule has 1 rings (SSSR count). The molecule has 4 heteroatoms. The van der Waals surface area contributed by atoms with E-state index in [1.54, 1.807) is 13.2 Å². The second kappa shape index (κ2) is 6.33. The summed E-state index contributed by atoms with van der Waals surface area (Å²) in [5.74, 6) is 0. The van der Waals surface area contributed by atoms with Crippen molar-refractivity contribution < 1.29 is 4.74 Å². The van der Waals surface area contributed by atoms with E-state index in [-0.39, 0.29) is 6.04 Å². The lowest BCUT2D eigenvalue weighted by atomic mass is 10.1. The maximum absolute atomic E-state index is 6.03. The van der Waals surface area contributed by atoms with Crippen LogP contribution in [0.15, 0.2) is 18.2 Å². The summed E-state index contributed by atoms with van der Waals surface area (Å²) in [5.41, 5.74) is 6.89. The molecule has 0 saturated heterocycles. The Labute approximate surface area is 100 Å². The summed E-state index contributed by atoms with van der Waals surface area (Å²) in [6.45, 7) is 0.575. The van der Waals surface area contributed by atoms with Crippen molar-refractivity contribution >= 4 is 23.2 Å². The van der Waals surface area contributed by atoms with E-state index in [0.717, 1.165) is 18.4 Å². The summed E-state index contributed by atoms with van der Waals surface area (Å²) in [5, 5.41) is 1.36. The summed E-state index contributed by atoms with van der Waals surface area (Å²) >= 11 is 11.8. The van der Waals surface area contributed by atoms with Gasteiger partial charge in [0.2, 0.25) is 0 Å². The SMILES string of the molecule is COCC(N)CCc1ccc(Cl)cc1Cl. The van der Waals surface area contributed by atoms with Crippen molar-refractivity contribution in [3.8, 4) is 0 Å². The molecule has 0 amide bonds. The fourth-order valence-electron chi connectivity index (χ4n) is 1.36. The third-order valence-corrected chi connectivity index (χ3v) is 2.77. The smallest absolute Gasteiger partial charge is 0.0613 e. The van der Waals surface area contributed by atoms with Crippen molar-refractivity contribution in [1.29, 1.82) is 0 Å². The highest BCUT2D eigenvalue weighted by molar-refractivity contribution is 6.35. The van der Waals surface area contributed by atoms with Gasteiger partial charge in [0.1, 0.15) is 0 Å². The number of hydrogen-bond donors (Lipinski definition) is 1. The first kappa shape index (κ1) is 12.8. The van der Waals surface area contributed by atoms with Crippen LogP contribution in [0.4, 0.5) is 0 Å². The maximum Gasteiger partial charge on any atom is 0.0613 e. The molecule has 15 heavy (non-hydrogen) atoms. The molecular weight excluding hydrogens is 233 g/mol. The summed E-state index contributed by atoms with van der Waals surface area (Å²) in [7, 11) is 1.65. The van der Waals surface area contributed by atoms with Gasteiger partial charge in [0.25, 0.3) is 0 Å². The largest absolute Gasteiger partial charge is 0.383 e. The summed E-state index contributed by atoms with van der Waals surface area (Å²) in [6, 6.07) is 5.58. The van der Waals surface area contributed by atoms with Crippen molar-refractivity contribution in [2.45, 2.75) is 18.9 Å². The molecule has 2 N–H and O–H groups in total. The van der Waals surface area contributed by atoms with Crippen LogP contribution in [0.1, 0.15) is 12.0 Å². The van der Waals surface area contributed by atoms with Gasteiger partial charge in [-0.15, -0.1) is 0 Å². The number of rotatable bonds is 5. The van der Waals surface area contributed by atoms with Crippen LogP contribution >= 0.6 is 23.2 Å². The second-order valence-corrected chi connectivity index (χ2v) is 4.33. The number of benzene rings is 1. The zero-order chi connectivity index (χ0) is 11.3. The van der Waals surface area contributed by atoms with Gasteiger partial charge >= 0.3 is 0 Å². The van der Waals surface area contributed by atoms with Crippen LogP contribution in [0.5, 0.6) is 0 Å². The molecule has 1 aromatic carbocycles. The van der Waals surface area contributed by atoms with Gasteiger partial charge in [-0.25, -0.2) is 0 Å². The van der Waals surface area contributed by atoms with Crippen LogP contribution < -0.4 is 5.73 Å². The number of ether oxygens (including phenoxy) is 1. The van der Waals surface area contributed by atoms with E-state index >= 15 is 0 Å². The second-order valence-electron chi connectivity index (χ2n) is 3.49. The molecular formula is C11H15Cl2NO. The number of halogens is 2. The highest BCUT2D eigenvalue weighted by Crippen LogP contribution is 2.22. The Morgan fingerprint density at radius 2 is 2.13 bits per heavy atom. The zero-order valence-electron chi connectivity index (χ0n) is 8.67. The summed E-state index contributed by atoms with van der Waals surface area (Å²) in [6.07, 6.45) is 1.70. The van der Waals surface area contributed by atoms with Gasteiger partial charge < -0.3 is 10.5 Å². The molecule has 0 fully saturated rings. The van der Waals surface area contributed by atoms with Gasteiger partial charge in [0.05, 0.1) is 6.61 Å². The van der Waals surface area contributed by atoms with Crippen molar-refractivity contribution in [3.05, 3.63) is 33.8 Å².